The maximum atomic E-state index is 11.5. The predicted octanol–water partition coefficient (Wildman–Crippen LogP) is -0.104. The highest BCUT2D eigenvalue weighted by atomic mass is 16.7. The Balaban J connectivity index is 1.82. The monoisotopic (exact) mass is 264 g/mol. The van der Waals surface area contributed by atoms with E-state index >= 15 is 0 Å². The number of nitrogens with zero attached hydrogens (tertiary/aromatic N) is 2. The van der Waals surface area contributed by atoms with Crippen LogP contribution < -0.4 is 0 Å². The second kappa shape index (κ2) is 5.05. The van der Waals surface area contributed by atoms with Crippen molar-refractivity contribution in [1.82, 2.24) is 9.96 Å². The summed E-state index contributed by atoms with van der Waals surface area (Å²) in [5, 5.41) is 0.487. The molecule has 100 valence electrons. The minimum absolute atomic E-state index is 0.0530. The largest absolute Gasteiger partial charge is 0.335 e. The molecule has 0 aromatic carbocycles. The highest BCUT2D eigenvalue weighted by molar-refractivity contribution is 6.01. The number of imide groups is 1. The smallest absolute Gasteiger partial charge is 0.330 e. The summed E-state index contributed by atoms with van der Waals surface area (Å²) in [7, 11) is 0. The molecule has 2 aliphatic heterocycles. The zero-order valence-electron chi connectivity index (χ0n) is 10.1. The van der Waals surface area contributed by atoms with Crippen molar-refractivity contribution in [2.24, 2.45) is 0 Å². The van der Waals surface area contributed by atoms with Gasteiger partial charge in [0.15, 0.2) is 0 Å². The lowest BCUT2D eigenvalue weighted by Gasteiger charge is -2.17. The number of carbonyl (C=O) groups is 4. The molecule has 0 radical (unpaired) electrons. The standard InChI is InChI=1S/C12H12N2O5/c1-8-2-3-9(15)13(8)7-6-12(18)19-14-10(16)4-5-11(14)17/h2-3H,1,4-7H2. The van der Waals surface area contributed by atoms with Gasteiger partial charge in [-0.3, -0.25) is 14.4 Å². The van der Waals surface area contributed by atoms with Gasteiger partial charge in [-0.15, -0.1) is 5.06 Å². The van der Waals surface area contributed by atoms with E-state index in [0.717, 1.165) is 0 Å². The average Bonchev–Trinajstić information content (AvgIpc) is 2.84. The van der Waals surface area contributed by atoms with Crippen LogP contribution in [-0.2, 0) is 24.0 Å². The lowest BCUT2D eigenvalue weighted by atomic mass is 10.4. The summed E-state index contributed by atoms with van der Waals surface area (Å²) < 4.78 is 0. The molecule has 1 saturated heterocycles. The van der Waals surface area contributed by atoms with Crippen LogP contribution in [0.15, 0.2) is 24.4 Å². The maximum Gasteiger partial charge on any atom is 0.335 e. The lowest BCUT2D eigenvalue weighted by Crippen LogP contribution is -2.34. The van der Waals surface area contributed by atoms with Crippen molar-refractivity contribution in [3.8, 4) is 0 Å². The van der Waals surface area contributed by atoms with E-state index in [2.05, 4.69) is 11.4 Å². The van der Waals surface area contributed by atoms with E-state index < -0.39 is 17.8 Å². The first-order valence-electron chi connectivity index (χ1n) is 5.74. The SMILES string of the molecule is C=C1C=CC(=O)N1CCC(=O)ON1C(=O)CCC1=O. The third-order valence-corrected chi connectivity index (χ3v) is 2.77. The topological polar surface area (TPSA) is 84.0 Å². The summed E-state index contributed by atoms with van der Waals surface area (Å²) in [6.07, 6.45) is 2.88. The highest BCUT2D eigenvalue weighted by Gasteiger charge is 2.33. The Morgan fingerprint density at radius 1 is 1.21 bits per heavy atom. The fourth-order valence-electron chi connectivity index (χ4n) is 1.75. The Hall–Kier alpha value is -2.44. The molecule has 7 heteroatoms. The predicted molar refractivity (Wildman–Crippen MR) is 61.8 cm³/mol. The average molecular weight is 264 g/mol. The van der Waals surface area contributed by atoms with Crippen molar-refractivity contribution >= 4 is 23.7 Å². The van der Waals surface area contributed by atoms with Crippen LogP contribution in [0.5, 0.6) is 0 Å². The van der Waals surface area contributed by atoms with Crippen LogP contribution >= 0.6 is 0 Å². The van der Waals surface area contributed by atoms with Gasteiger partial charge >= 0.3 is 5.97 Å². The van der Waals surface area contributed by atoms with Crippen LogP contribution in [0, 0.1) is 0 Å². The molecule has 0 spiro atoms. The molecule has 2 heterocycles. The van der Waals surface area contributed by atoms with Gasteiger partial charge < -0.3 is 9.74 Å². The van der Waals surface area contributed by atoms with E-state index in [4.69, 9.17) is 0 Å². The Morgan fingerprint density at radius 2 is 1.84 bits per heavy atom. The molecule has 0 aliphatic carbocycles. The fourth-order valence-corrected chi connectivity index (χ4v) is 1.75. The van der Waals surface area contributed by atoms with Gasteiger partial charge in [0.2, 0.25) is 0 Å². The highest BCUT2D eigenvalue weighted by Crippen LogP contribution is 2.15. The molecule has 0 aromatic rings. The molecule has 0 aromatic heterocycles. The third kappa shape index (κ3) is 2.70. The number of amides is 3. The number of hydroxylamine groups is 2. The van der Waals surface area contributed by atoms with Gasteiger partial charge in [-0.05, 0) is 6.08 Å². The fraction of sp³-hybridized carbons (Fsp3) is 0.333. The van der Waals surface area contributed by atoms with Crippen molar-refractivity contribution in [2.45, 2.75) is 19.3 Å². The second-order valence-corrected chi connectivity index (χ2v) is 4.11. The first-order chi connectivity index (χ1) is 8.99. The molecular formula is C12H12N2O5. The summed E-state index contributed by atoms with van der Waals surface area (Å²) in [5.74, 6) is -2.05. The van der Waals surface area contributed by atoms with Gasteiger partial charge in [0.05, 0.1) is 6.42 Å². The molecule has 1 fully saturated rings. The summed E-state index contributed by atoms with van der Waals surface area (Å²) in [5.41, 5.74) is 0.492. The molecule has 0 bridgehead atoms. The number of hydrogen-bond acceptors (Lipinski definition) is 5. The number of allylic oxidation sites excluding steroid dienone is 1. The van der Waals surface area contributed by atoms with Gasteiger partial charge in [0.25, 0.3) is 17.7 Å². The third-order valence-electron chi connectivity index (χ3n) is 2.77. The van der Waals surface area contributed by atoms with Gasteiger partial charge in [0.1, 0.15) is 0 Å². The van der Waals surface area contributed by atoms with E-state index in [0.29, 0.717) is 10.8 Å². The van der Waals surface area contributed by atoms with E-state index in [1.165, 1.54) is 11.0 Å². The number of rotatable bonds is 4. The minimum Gasteiger partial charge on any atom is -0.330 e. The Bertz CT molecular complexity index is 474. The summed E-state index contributed by atoms with van der Waals surface area (Å²) >= 11 is 0. The van der Waals surface area contributed by atoms with Gasteiger partial charge in [-0.1, -0.05) is 6.58 Å². The Morgan fingerprint density at radius 3 is 2.37 bits per heavy atom. The Kier molecular flexibility index (Phi) is 3.46. The molecule has 3 amide bonds. The van der Waals surface area contributed by atoms with Crippen molar-refractivity contribution in [1.29, 1.82) is 0 Å². The van der Waals surface area contributed by atoms with Crippen LogP contribution in [0.4, 0.5) is 0 Å². The van der Waals surface area contributed by atoms with E-state index in [1.807, 2.05) is 0 Å². The maximum absolute atomic E-state index is 11.5. The van der Waals surface area contributed by atoms with Crippen molar-refractivity contribution in [3.63, 3.8) is 0 Å². The molecule has 0 saturated carbocycles. The number of hydrogen-bond donors (Lipinski definition) is 0. The molecule has 0 N–H and O–H groups in total. The van der Waals surface area contributed by atoms with Gasteiger partial charge in [0, 0.05) is 31.2 Å². The van der Waals surface area contributed by atoms with Crippen LogP contribution in [0.3, 0.4) is 0 Å². The first-order valence-corrected chi connectivity index (χ1v) is 5.74. The van der Waals surface area contributed by atoms with E-state index in [9.17, 15) is 19.2 Å². The van der Waals surface area contributed by atoms with Crippen LogP contribution in [0.2, 0.25) is 0 Å². The zero-order chi connectivity index (χ0) is 14.0. The van der Waals surface area contributed by atoms with Crippen molar-refractivity contribution in [3.05, 3.63) is 24.4 Å². The molecule has 2 aliphatic rings. The molecule has 2 rings (SSSR count). The molecule has 7 nitrogen and oxygen atoms in total. The molecule has 0 atom stereocenters. The van der Waals surface area contributed by atoms with E-state index in [-0.39, 0.29) is 31.7 Å². The van der Waals surface area contributed by atoms with Crippen molar-refractivity contribution < 1.29 is 24.0 Å². The van der Waals surface area contributed by atoms with Crippen LogP contribution in [0.1, 0.15) is 19.3 Å². The Labute approximate surface area is 109 Å². The van der Waals surface area contributed by atoms with Crippen LogP contribution in [-0.4, -0.2) is 40.2 Å². The van der Waals surface area contributed by atoms with Crippen molar-refractivity contribution in [2.75, 3.05) is 6.54 Å². The van der Waals surface area contributed by atoms with Gasteiger partial charge in [-0.25, -0.2) is 4.79 Å². The van der Waals surface area contributed by atoms with Crippen LogP contribution in [0.25, 0.3) is 0 Å². The quantitative estimate of drug-likeness (QED) is 0.662. The summed E-state index contributed by atoms with van der Waals surface area (Å²) in [6, 6.07) is 0. The lowest BCUT2D eigenvalue weighted by molar-refractivity contribution is -0.197. The van der Waals surface area contributed by atoms with Gasteiger partial charge in [-0.2, -0.15) is 0 Å². The molecular weight excluding hydrogens is 252 g/mol. The zero-order valence-corrected chi connectivity index (χ0v) is 10.1. The normalized spacial score (nSPS) is 18.7. The number of carbonyl (C=O) groups excluding carboxylic acids is 4. The first kappa shape index (κ1) is 13.0. The summed E-state index contributed by atoms with van der Waals surface area (Å²) in [4.78, 5) is 51.3. The molecule has 19 heavy (non-hydrogen) atoms. The van der Waals surface area contributed by atoms with E-state index in [1.54, 1.807) is 6.08 Å². The molecule has 0 unspecified atom stereocenters. The summed E-state index contributed by atoms with van der Waals surface area (Å²) in [6.45, 7) is 3.74. The second-order valence-electron chi connectivity index (χ2n) is 4.11. The minimum atomic E-state index is -0.740.